The summed E-state index contributed by atoms with van der Waals surface area (Å²) in [6.07, 6.45) is 3.00. The van der Waals surface area contributed by atoms with Gasteiger partial charge in [0.25, 0.3) is 5.91 Å². The molecule has 1 aromatic rings. The average molecular weight is 251 g/mol. The average Bonchev–Trinajstić information content (AvgIpc) is 2.27. The van der Waals surface area contributed by atoms with Crippen molar-refractivity contribution in [1.82, 2.24) is 5.32 Å². The number of methoxy groups -OCH3 is 1. The van der Waals surface area contributed by atoms with Gasteiger partial charge < -0.3 is 10.1 Å². The van der Waals surface area contributed by atoms with Crippen LogP contribution < -0.4 is 5.32 Å². The zero-order chi connectivity index (χ0) is 13.2. The lowest BCUT2D eigenvalue weighted by atomic mass is 9.80. The lowest BCUT2D eigenvalue weighted by Crippen LogP contribution is -2.49. The maximum absolute atomic E-state index is 13.6. The number of nitrogens with one attached hydrogen (secondary N) is 1. The minimum atomic E-state index is -0.479. The van der Waals surface area contributed by atoms with Crippen LogP contribution in [0, 0.1) is 12.7 Å². The molecule has 1 aromatic carbocycles. The summed E-state index contributed by atoms with van der Waals surface area (Å²) in [7, 11) is 1.65. The van der Waals surface area contributed by atoms with Crippen LogP contribution in [0.15, 0.2) is 18.2 Å². The number of amides is 1. The Kier molecular flexibility index (Phi) is 3.66. The molecule has 2 rings (SSSR count). The number of ether oxygens (including phenoxy) is 1. The molecule has 0 saturated heterocycles. The second-order valence-corrected chi connectivity index (χ2v) is 4.91. The molecule has 1 aliphatic rings. The molecule has 0 spiro atoms. The third-order valence-corrected chi connectivity index (χ3v) is 3.64. The molecule has 0 heterocycles. The molecule has 3 nitrogen and oxygen atoms in total. The van der Waals surface area contributed by atoms with E-state index in [1.54, 1.807) is 20.1 Å². The third kappa shape index (κ3) is 2.53. The highest BCUT2D eigenvalue weighted by Gasteiger charge is 2.37. The quantitative estimate of drug-likeness (QED) is 0.892. The van der Waals surface area contributed by atoms with E-state index in [4.69, 9.17) is 4.74 Å². The molecular weight excluding hydrogens is 233 g/mol. The molecule has 18 heavy (non-hydrogen) atoms. The summed E-state index contributed by atoms with van der Waals surface area (Å²) in [5.74, 6) is -0.858. The highest BCUT2D eigenvalue weighted by molar-refractivity contribution is 5.94. The molecule has 0 aliphatic heterocycles. The lowest BCUT2D eigenvalue weighted by molar-refractivity contribution is -0.0679. The standard InChI is InChI=1S/C14H18FNO2/c1-10-4-5-11(12(15)8-10)13(17)16-9-14(18-2)6-3-7-14/h4-5,8H,3,6-7,9H2,1-2H3,(H,16,17). The van der Waals surface area contributed by atoms with E-state index in [1.165, 1.54) is 12.1 Å². The largest absolute Gasteiger partial charge is 0.376 e. The predicted octanol–water partition coefficient (Wildman–Crippen LogP) is 2.43. The van der Waals surface area contributed by atoms with Gasteiger partial charge in [-0.15, -0.1) is 0 Å². The maximum atomic E-state index is 13.6. The first kappa shape index (κ1) is 13.0. The minimum Gasteiger partial charge on any atom is -0.376 e. The Bertz CT molecular complexity index is 450. The summed E-state index contributed by atoms with van der Waals surface area (Å²) < 4.78 is 19.0. The molecule has 1 amide bonds. The number of benzene rings is 1. The number of rotatable bonds is 4. The maximum Gasteiger partial charge on any atom is 0.254 e. The monoisotopic (exact) mass is 251 g/mol. The Morgan fingerprint density at radius 2 is 2.22 bits per heavy atom. The smallest absolute Gasteiger partial charge is 0.254 e. The van der Waals surface area contributed by atoms with Crippen molar-refractivity contribution in [2.75, 3.05) is 13.7 Å². The number of aryl methyl sites for hydroxylation is 1. The number of hydrogen-bond acceptors (Lipinski definition) is 2. The van der Waals surface area contributed by atoms with E-state index in [1.807, 2.05) is 0 Å². The second kappa shape index (κ2) is 5.06. The topological polar surface area (TPSA) is 38.3 Å². The zero-order valence-electron chi connectivity index (χ0n) is 10.8. The highest BCUT2D eigenvalue weighted by atomic mass is 19.1. The van der Waals surface area contributed by atoms with Crippen molar-refractivity contribution in [3.8, 4) is 0 Å². The molecule has 1 aliphatic carbocycles. The van der Waals surface area contributed by atoms with Crippen LogP contribution in [0.25, 0.3) is 0 Å². The van der Waals surface area contributed by atoms with Gasteiger partial charge in [0, 0.05) is 13.7 Å². The predicted molar refractivity (Wildman–Crippen MR) is 67.1 cm³/mol. The summed E-state index contributed by atoms with van der Waals surface area (Å²) in [5.41, 5.74) is 0.652. The Labute approximate surface area is 106 Å². The van der Waals surface area contributed by atoms with Gasteiger partial charge in [0.1, 0.15) is 5.82 Å². The molecule has 4 heteroatoms. The Morgan fingerprint density at radius 1 is 1.50 bits per heavy atom. The van der Waals surface area contributed by atoms with E-state index in [0.29, 0.717) is 6.54 Å². The number of carbonyl (C=O) groups is 1. The van der Waals surface area contributed by atoms with Gasteiger partial charge in [0.05, 0.1) is 11.2 Å². The van der Waals surface area contributed by atoms with Gasteiger partial charge in [-0.05, 0) is 43.9 Å². The molecule has 1 N–H and O–H groups in total. The Morgan fingerprint density at radius 3 is 2.72 bits per heavy atom. The fourth-order valence-corrected chi connectivity index (χ4v) is 2.17. The van der Waals surface area contributed by atoms with Gasteiger partial charge in [-0.2, -0.15) is 0 Å². The first-order valence-corrected chi connectivity index (χ1v) is 6.16. The molecule has 1 saturated carbocycles. The molecular formula is C14H18FNO2. The van der Waals surface area contributed by atoms with Crippen LogP contribution in [0.2, 0.25) is 0 Å². The van der Waals surface area contributed by atoms with E-state index in [-0.39, 0.29) is 17.1 Å². The van der Waals surface area contributed by atoms with Crippen molar-refractivity contribution in [3.63, 3.8) is 0 Å². The fourth-order valence-electron chi connectivity index (χ4n) is 2.17. The Balaban J connectivity index is 1.99. The SMILES string of the molecule is COC1(CNC(=O)c2ccc(C)cc2F)CCC1. The molecule has 0 unspecified atom stereocenters. The van der Waals surface area contributed by atoms with Gasteiger partial charge in [-0.3, -0.25) is 4.79 Å². The van der Waals surface area contributed by atoms with Crippen molar-refractivity contribution >= 4 is 5.91 Å². The lowest BCUT2D eigenvalue weighted by Gasteiger charge is -2.40. The summed E-state index contributed by atoms with van der Waals surface area (Å²) in [5, 5.41) is 2.75. The summed E-state index contributed by atoms with van der Waals surface area (Å²) in [6, 6.07) is 4.61. The fraction of sp³-hybridized carbons (Fsp3) is 0.500. The van der Waals surface area contributed by atoms with E-state index in [9.17, 15) is 9.18 Å². The third-order valence-electron chi connectivity index (χ3n) is 3.64. The van der Waals surface area contributed by atoms with Gasteiger partial charge in [0.15, 0.2) is 0 Å². The second-order valence-electron chi connectivity index (χ2n) is 4.91. The normalized spacial score (nSPS) is 17.1. The molecule has 0 atom stereocenters. The zero-order valence-corrected chi connectivity index (χ0v) is 10.8. The number of carbonyl (C=O) groups excluding carboxylic acids is 1. The van der Waals surface area contributed by atoms with Crippen molar-refractivity contribution < 1.29 is 13.9 Å². The molecule has 0 aromatic heterocycles. The van der Waals surface area contributed by atoms with Crippen LogP contribution in [-0.4, -0.2) is 25.2 Å². The van der Waals surface area contributed by atoms with Gasteiger partial charge >= 0.3 is 0 Å². The molecule has 0 radical (unpaired) electrons. The van der Waals surface area contributed by atoms with Crippen molar-refractivity contribution in [2.24, 2.45) is 0 Å². The van der Waals surface area contributed by atoms with E-state index < -0.39 is 5.82 Å². The van der Waals surface area contributed by atoms with Crippen LogP contribution in [0.5, 0.6) is 0 Å². The number of halogens is 1. The van der Waals surface area contributed by atoms with Crippen LogP contribution in [0.3, 0.4) is 0 Å². The van der Waals surface area contributed by atoms with Crippen molar-refractivity contribution in [3.05, 3.63) is 35.1 Å². The van der Waals surface area contributed by atoms with Crippen molar-refractivity contribution in [2.45, 2.75) is 31.8 Å². The summed E-state index contributed by atoms with van der Waals surface area (Å²) in [4.78, 5) is 11.9. The van der Waals surface area contributed by atoms with Gasteiger partial charge in [-0.1, -0.05) is 6.07 Å². The summed E-state index contributed by atoms with van der Waals surface area (Å²) in [6.45, 7) is 2.23. The van der Waals surface area contributed by atoms with Crippen LogP contribution >= 0.6 is 0 Å². The van der Waals surface area contributed by atoms with E-state index in [0.717, 1.165) is 24.8 Å². The van der Waals surface area contributed by atoms with E-state index in [2.05, 4.69) is 5.32 Å². The first-order chi connectivity index (χ1) is 8.56. The van der Waals surface area contributed by atoms with Crippen LogP contribution in [0.4, 0.5) is 4.39 Å². The first-order valence-electron chi connectivity index (χ1n) is 6.16. The molecule has 0 bridgehead atoms. The van der Waals surface area contributed by atoms with Crippen LogP contribution in [-0.2, 0) is 4.74 Å². The van der Waals surface area contributed by atoms with E-state index >= 15 is 0 Å². The molecule has 98 valence electrons. The molecule has 1 fully saturated rings. The highest BCUT2D eigenvalue weighted by Crippen LogP contribution is 2.34. The minimum absolute atomic E-state index is 0.0891. The Hall–Kier alpha value is -1.42. The van der Waals surface area contributed by atoms with Gasteiger partial charge in [-0.25, -0.2) is 4.39 Å². The van der Waals surface area contributed by atoms with Crippen molar-refractivity contribution in [1.29, 1.82) is 0 Å². The summed E-state index contributed by atoms with van der Waals surface area (Å²) >= 11 is 0. The van der Waals surface area contributed by atoms with Crippen LogP contribution in [0.1, 0.15) is 35.2 Å². The van der Waals surface area contributed by atoms with Gasteiger partial charge in [0.2, 0.25) is 0 Å². The number of hydrogen-bond donors (Lipinski definition) is 1.